The van der Waals surface area contributed by atoms with Gasteiger partial charge in [0.1, 0.15) is 0 Å². The predicted octanol–water partition coefficient (Wildman–Crippen LogP) is -0.588. The van der Waals surface area contributed by atoms with E-state index in [4.69, 9.17) is 11.7 Å². The number of hydrogen-bond donors (Lipinski definition) is 2. The van der Waals surface area contributed by atoms with Crippen molar-refractivity contribution in [1.82, 2.24) is 4.68 Å². The van der Waals surface area contributed by atoms with E-state index in [2.05, 4.69) is 45.2 Å². The Kier molecular flexibility index (Phi) is 2.03. The van der Waals surface area contributed by atoms with Gasteiger partial charge in [0.25, 0.3) is 6.33 Å². The van der Waals surface area contributed by atoms with Crippen LogP contribution in [-0.2, 0) is 0 Å². The first kappa shape index (κ1) is 7.38. The van der Waals surface area contributed by atoms with E-state index in [1.807, 2.05) is 0 Å². The van der Waals surface area contributed by atoms with E-state index >= 15 is 0 Å². The normalized spacial score (nSPS) is 10.0. The summed E-state index contributed by atoms with van der Waals surface area (Å²) in [4.78, 5) is 0. The Labute approximate surface area is 79.4 Å². The maximum Gasteiger partial charge on any atom is 0.292 e. The van der Waals surface area contributed by atoms with E-state index < -0.39 is 0 Å². The van der Waals surface area contributed by atoms with Crippen LogP contribution in [0.4, 0.5) is 0 Å². The highest BCUT2D eigenvalue weighted by Gasteiger charge is 2.14. The van der Waals surface area contributed by atoms with Gasteiger partial charge in [-0.2, -0.15) is 0 Å². The van der Waals surface area contributed by atoms with E-state index in [9.17, 15) is 0 Å². The molecule has 0 saturated heterocycles. The Morgan fingerprint density at radius 1 is 1.56 bits per heavy atom. The van der Waals surface area contributed by atoms with E-state index in [0.717, 1.165) is 7.40 Å². The van der Waals surface area contributed by atoms with Crippen LogP contribution in [0.2, 0.25) is 0 Å². The molecule has 0 unspecified atom stereocenters. The van der Waals surface area contributed by atoms with Gasteiger partial charge in [-0.05, 0) is 0 Å². The zero-order valence-electron chi connectivity index (χ0n) is 4.38. The molecule has 0 aromatic carbocycles. The Morgan fingerprint density at radius 3 is 2.22 bits per heavy atom. The molecule has 0 spiro atoms. The van der Waals surface area contributed by atoms with Gasteiger partial charge in [0.2, 0.25) is 7.40 Å². The summed E-state index contributed by atoms with van der Waals surface area (Å²) in [7, 11) is 0. The van der Waals surface area contributed by atoms with Crippen LogP contribution in [-0.4, -0.2) is 4.68 Å². The first-order chi connectivity index (χ1) is 4.13. The van der Waals surface area contributed by atoms with Crippen LogP contribution in [0.5, 0.6) is 0 Å². The van der Waals surface area contributed by atoms with Gasteiger partial charge in [-0.15, -0.1) is 9.35 Å². The number of nitrogen functional groups attached to an aromatic ring is 2. The second-order valence-corrected chi connectivity index (χ2v) is 3.56. The lowest BCUT2D eigenvalue weighted by atomic mass is 10.9. The third-order valence-corrected chi connectivity index (χ3v) is 4.04. The molecule has 1 aromatic rings. The van der Waals surface area contributed by atoms with Crippen LogP contribution in [0.25, 0.3) is 0 Å². The van der Waals surface area contributed by atoms with Gasteiger partial charge in [-0.3, -0.25) is 11.7 Å². The van der Waals surface area contributed by atoms with Crippen molar-refractivity contribution in [3.63, 3.8) is 0 Å². The van der Waals surface area contributed by atoms with Gasteiger partial charge in [-0.1, -0.05) is 0 Å². The fourth-order valence-corrected chi connectivity index (χ4v) is 1.25. The average Bonchev–Trinajstić information content (AvgIpc) is 1.98. The standard InChI is InChI=1S/C3H5I2N4/c4-2-3(5)9(7)1-8(2)6/h1H,6-7H2/q+1. The zero-order chi connectivity index (χ0) is 7.02. The molecule has 1 aromatic heterocycles. The molecule has 0 aliphatic carbocycles. The minimum absolute atomic E-state index is 0.940. The molecule has 0 bridgehead atoms. The molecule has 0 aliphatic rings. The fourth-order valence-electron chi connectivity index (χ4n) is 0.448. The molecule has 1 heterocycles. The Balaban J connectivity index is 3.29. The molecule has 0 fully saturated rings. The zero-order valence-corrected chi connectivity index (χ0v) is 8.70. The first-order valence-electron chi connectivity index (χ1n) is 2.11. The molecule has 9 heavy (non-hydrogen) atoms. The lowest BCUT2D eigenvalue weighted by Crippen LogP contribution is -2.45. The van der Waals surface area contributed by atoms with Gasteiger partial charge in [0.15, 0.2) is 0 Å². The van der Waals surface area contributed by atoms with E-state index in [0.29, 0.717) is 0 Å². The Hall–Kier alpha value is 0.270. The van der Waals surface area contributed by atoms with Crippen LogP contribution < -0.4 is 16.4 Å². The molecule has 4 nitrogen and oxygen atoms in total. The summed E-state index contributed by atoms with van der Waals surface area (Å²) in [6, 6.07) is 0. The average molecular weight is 351 g/mol. The molecule has 0 radical (unpaired) electrons. The van der Waals surface area contributed by atoms with Crippen LogP contribution in [0.3, 0.4) is 0 Å². The van der Waals surface area contributed by atoms with Crippen LogP contribution >= 0.6 is 45.2 Å². The number of halogens is 2. The van der Waals surface area contributed by atoms with Crippen molar-refractivity contribution >= 4 is 45.2 Å². The molecule has 6 heteroatoms. The molecule has 0 amide bonds. The molecule has 0 atom stereocenters. The summed E-state index contributed by atoms with van der Waals surface area (Å²) in [6.07, 6.45) is 1.61. The largest absolute Gasteiger partial charge is 0.292 e. The van der Waals surface area contributed by atoms with E-state index in [-0.39, 0.29) is 0 Å². The molecule has 0 aliphatic heterocycles. The summed E-state index contributed by atoms with van der Waals surface area (Å²) in [6.45, 7) is 0. The molecule has 1 rings (SSSR count). The van der Waals surface area contributed by atoms with Gasteiger partial charge in [-0.25, -0.2) is 0 Å². The third-order valence-electron chi connectivity index (χ3n) is 0.872. The molecular weight excluding hydrogens is 346 g/mol. The number of aromatic nitrogens is 2. The van der Waals surface area contributed by atoms with Crippen LogP contribution in [0.1, 0.15) is 0 Å². The van der Waals surface area contributed by atoms with Gasteiger partial charge >= 0.3 is 0 Å². The Morgan fingerprint density at radius 2 is 2.11 bits per heavy atom. The molecule has 0 saturated carbocycles. The number of imidazole rings is 1. The topological polar surface area (TPSA) is 60.8 Å². The fraction of sp³-hybridized carbons (Fsp3) is 0. The van der Waals surface area contributed by atoms with Crippen molar-refractivity contribution in [1.29, 1.82) is 0 Å². The maximum absolute atomic E-state index is 5.45. The monoisotopic (exact) mass is 351 g/mol. The third kappa shape index (κ3) is 1.23. The second kappa shape index (κ2) is 2.48. The highest BCUT2D eigenvalue weighted by atomic mass is 127. The summed E-state index contributed by atoms with van der Waals surface area (Å²) in [5, 5.41) is 0. The highest BCUT2D eigenvalue weighted by molar-refractivity contribution is 14.1. The highest BCUT2D eigenvalue weighted by Crippen LogP contribution is 2.07. The maximum atomic E-state index is 5.45. The van der Waals surface area contributed by atoms with E-state index in [1.165, 1.54) is 9.35 Å². The van der Waals surface area contributed by atoms with Crippen molar-refractivity contribution in [3.05, 3.63) is 13.7 Å². The quantitative estimate of drug-likeness (QED) is 0.373. The van der Waals surface area contributed by atoms with Crippen LogP contribution in [0.15, 0.2) is 6.33 Å². The summed E-state index contributed by atoms with van der Waals surface area (Å²) < 4.78 is 4.83. The molecular formula is C3H5I2N4+. The number of hydrogen-bond acceptors (Lipinski definition) is 2. The second-order valence-electron chi connectivity index (χ2n) is 1.51. The minimum Gasteiger partial charge on any atom is -0.268 e. The van der Waals surface area contributed by atoms with Gasteiger partial charge < -0.3 is 0 Å². The van der Waals surface area contributed by atoms with Crippen molar-refractivity contribution in [2.45, 2.75) is 0 Å². The number of nitrogens with two attached hydrogens (primary N) is 2. The van der Waals surface area contributed by atoms with Crippen molar-refractivity contribution in [3.8, 4) is 0 Å². The van der Waals surface area contributed by atoms with Gasteiger partial charge in [0.05, 0.1) is 0 Å². The summed E-state index contributed by atoms with van der Waals surface area (Å²) in [5.41, 5.74) is 0. The number of nitrogens with zero attached hydrogens (tertiary/aromatic N) is 2. The van der Waals surface area contributed by atoms with Crippen molar-refractivity contribution < 1.29 is 4.68 Å². The van der Waals surface area contributed by atoms with E-state index in [1.54, 1.807) is 6.33 Å². The number of rotatable bonds is 0. The minimum atomic E-state index is 0.940. The summed E-state index contributed by atoms with van der Waals surface area (Å²) in [5.74, 6) is 10.9. The molecule has 50 valence electrons. The van der Waals surface area contributed by atoms with Gasteiger partial charge in [0, 0.05) is 45.2 Å². The lowest BCUT2D eigenvalue weighted by Gasteiger charge is -1.79. The lowest BCUT2D eigenvalue weighted by molar-refractivity contribution is -0.651. The van der Waals surface area contributed by atoms with Crippen molar-refractivity contribution in [2.75, 3.05) is 11.7 Å². The first-order valence-corrected chi connectivity index (χ1v) is 4.27. The van der Waals surface area contributed by atoms with Crippen molar-refractivity contribution in [2.24, 2.45) is 0 Å². The molecule has 4 N–H and O–H groups in total. The Bertz CT molecular complexity index is 207. The SMILES string of the molecule is Nn1c[n+](N)c(I)c1I. The smallest absolute Gasteiger partial charge is 0.268 e. The van der Waals surface area contributed by atoms with Crippen LogP contribution in [0, 0.1) is 7.40 Å². The summed E-state index contributed by atoms with van der Waals surface area (Å²) >= 11 is 4.24. The predicted molar refractivity (Wildman–Crippen MR) is 50.4 cm³/mol.